The molecule has 3 N–H and O–H groups in total. The lowest BCUT2D eigenvalue weighted by molar-refractivity contribution is -0.384. The molecule has 14 nitrogen and oxygen atoms in total. The number of hydrogen-bond acceptors (Lipinski definition) is 11. The monoisotopic (exact) mass is 701 g/mol. The van der Waals surface area contributed by atoms with Crippen molar-refractivity contribution in [1.82, 2.24) is 24.8 Å². The number of pyridine rings is 1. The normalized spacial score (nSPS) is 21.8. The van der Waals surface area contributed by atoms with Gasteiger partial charge in [-0.2, -0.15) is 0 Å². The van der Waals surface area contributed by atoms with Gasteiger partial charge < -0.3 is 25.6 Å². The maximum absolute atomic E-state index is 14.4. The van der Waals surface area contributed by atoms with Crippen LogP contribution in [0.1, 0.15) is 42.6 Å². The van der Waals surface area contributed by atoms with Gasteiger partial charge >= 0.3 is 0 Å². The fraction of sp³-hybridized carbons (Fsp3) is 0.414. The molecule has 0 saturated carbocycles. The number of aromatic nitrogens is 3. The molecule has 45 heavy (non-hydrogen) atoms. The predicted octanol–water partition coefficient (Wildman–Crippen LogP) is 4.53. The fourth-order valence-electron chi connectivity index (χ4n) is 5.85. The van der Waals surface area contributed by atoms with Gasteiger partial charge in [0.15, 0.2) is 5.66 Å². The zero-order valence-corrected chi connectivity index (χ0v) is 27.3. The molecular weight excluding hydrogens is 670 g/mol. The van der Waals surface area contributed by atoms with E-state index in [-0.39, 0.29) is 53.1 Å². The number of rotatable bonds is 9. The Morgan fingerprint density at radius 1 is 1.18 bits per heavy atom. The summed E-state index contributed by atoms with van der Waals surface area (Å²) in [5.41, 5.74) is -0.302. The number of halogens is 2. The van der Waals surface area contributed by atoms with Gasteiger partial charge in [0.05, 0.1) is 28.4 Å². The Bertz CT molecular complexity index is 1600. The molecule has 4 heterocycles. The summed E-state index contributed by atoms with van der Waals surface area (Å²) in [6, 6.07) is 6.18. The van der Waals surface area contributed by atoms with Crippen molar-refractivity contribution in [3.05, 3.63) is 73.9 Å². The Morgan fingerprint density at radius 2 is 1.93 bits per heavy atom. The van der Waals surface area contributed by atoms with Crippen LogP contribution in [0.2, 0.25) is 5.15 Å². The van der Waals surface area contributed by atoms with Crippen LogP contribution in [0.5, 0.6) is 0 Å². The number of morpholine rings is 1. The number of nitrogens with zero attached hydrogens (tertiary/aromatic N) is 6. The summed E-state index contributed by atoms with van der Waals surface area (Å²) in [5.74, 6) is -0.793. The van der Waals surface area contributed by atoms with E-state index in [9.17, 15) is 19.7 Å². The third-order valence-electron chi connectivity index (χ3n) is 7.76. The van der Waals surface area contributed by atoms with E-state index >= 15 is 0 Å². The van der Waals surface area contributed by atoms with E-state index in [1.54, 1.807) is 24.3 Å². The average Bonchev–Trinajstić information content (AvgIpc) is 3.39. The van der Waals surface area contributed by atoms with Crippen LogP contribution >= 0.6 is 27.5 Å². The minimum atomic E-state index is -1.54. The van der Waals surface area contributed by atoms with E-state index in [2.05, 4.69) is 46.8 Å². The number of likely N-dealkylation sites (tertiary alicyclic amines) is 1. The van der Waals surface area contributed by atoms with Gasteiger partial charge in [-0.05, 0) is 44.4 Å². The molecule has 3 atom stereocenters. The Hall–Kier alpha value is -3.92. The number of nitro groups is 1. The molecule has 0 aliphatic carbocycles. The third kappa shape index (κ3) is 7.16. The molecule has 5 rings (SSSR count). The highest BCUT2D eigenvalue weighted by atomic mass is 79.9. The number of benzene rings is 1. The summed E-state index contributed by atoms with van der Waals surface area (Å²) in [5, 5.41) is 21.7. The van der Waals surface area contributed by atoms with Crippen molar-refractivity contribution in [3.8, 4) is 0 Å². The lowest BCUT2D eigenvalue weighted by atomic mass is 10.0. The van der Waals surface area contributed by atoms with Crippen molar-refractivity contribution in [2.24, 2.45) is 0 Å². The van der Waals surface area contributed by atoms with Gasteiger partial charge in [-0.1, -0.05) is 27.5 Å². The first kappa shape index (κ1) is 32.5. The van der Waals surface area contributed by atoms with Crippen LogP contribution in [0.15, 0.2) is 47.5 Å². The van der Waals surface area contributed by atoms with E-state index in [1.807, 2.05) is 24.8 Å². The largest absolute Gasteiger partial charge is 0.387 e. The van der Waals surface area contributed by atoms with Crippen LogP contribution in [0.4, 0.5) is 22.9 Å². The smallest absolute Gasteiger partial charge is 0.294 e. The molecule has 0 spiro atoms. The number of hydrogen-bond donors (Lipinski definition) is 3. The van der Waals surface area contributed by atoms with E-state index in [0.717, 1.165) is 11.3 Å². The number of anilines is 3. The van der Waals surface area contributed by atoms with Crippen LogP contribution in [0, 0.1) is 10.1 Å². The zero-order chi connectivity index (χ0) is 32.3. The number of carbonyl (C=O) groups excluding carboxylic acids is 2. The van der Waals surface area contributed by atoms with Gasteiger partial charge in [-0.3, -0.25) is 29.6 Å². The van der Waals surface area contributed by atoms with Gasteiger partial charge in [-0.25, -0.2) is 9.97 Å². The first-order valence-corrected chi connectivity index (χ1v) is 15.5. The second-order valence-corrected chi connectivity index (χ2v) is 12.4. The standard InChI is InChI=1S/C29H33BrClN9O5/c1-17-13-38(14-18(2)45-17)27(41)22-8-20(30)9-23(40(43)44)26(22)37-29(28(42)36-25-10-24(31)34-16-35-25)5-4-6-39(29)15-19-7-21(32-3)12-33-11-19/h7-12,16-18,32,37H,4-6,13-15H2,1-3H3,(H,34,35,36,42)/t17-,18+,29?. The topological polar surface area (TPSA) is 168 Å². The Balaban J connectivity index is 1.61. The number of carbonyl (C=O) groups is 2. The summed E-state index contributed by atoms with van der Waals surface area (Å²) in [6.45, 7) is 5.10. The molecule has 2 aromatic heterocycles. The second kappa shape index (κ2) is 13.6. The van der Waals surface area contributed by atoms with Crippen molar-refractivity contribution in [2.45, 2.75) is 51.1 Å². The van der Waals surface area contributed by atoms with Crippen molar-refractivity contribution in [2.75, 3.05) is 42.6 Å². The number of nitro benzene ring substituents is 1. The lowest BCUT2D eigenvalue weighted by Gasteiger charge is -2.39. The van der Waals surface area contributed by atoms with Crippen LogP contribution in [0.3, 0.4) is 0 Å². The van der Waals surface area contributed by atoms with Crippen molar-refractivity contribution >= 4 is 62.2 Å². The molecule has 0 bridgehead atoms. The second-order valence-electron chi connectivity index (χ2n) is 11.1. The molecule has 1 unspecified atom stereocenters. The van der Waals surface area contributed by atoms with Crippen LogP contribution in [0.25, 0.3) is 0 Å². The van der Waals surface area contributed by atoms with Gasteiger partial charge in [0.25, 0.3) is 17.5 Å². The van der Waals surface area contributed by atoms with Crippen LogP contribution in [-0.4, -0.2) is 86.0 Å². The molecular formula is C29H33BrClN9O5. The Kier molecular flexibility index (Phi) is 9.82. The molecule has 0 radical (unpaired) electrons. The zero-order valence-electron chi connectivity index (χ0n) is 24.9. The fourth-order valence-corrected chi connectivity index (χ4v) is 6.45. The summed E-state index contributed by atoms with van der Waals surface area (Å²) < 4.78 is 6.16. The van der Waals surface area contributed by atoms with Crippen molar-refractivity contribution in [3.63, 3.8) is 0 Å². The van der Waals surface area contributed by atoms with Gasteiger partial charge in [-0.15, -0.1) is 0 Å². The summed E-state index contributed by atoms with van der Waals surface area (Å²) in [7, 11) is 1.78. The Labute approximate surface area is 273 Å². The molecule has 2 aliphatic heterocycles. The predicted molar refractivity (Wildman–Crippen MR) is 172 cm³/mol. The van der Waals surface area contributed by atoms with E-state index in [0.29, 0.717) is 30.5 Å². The highest BCUT2D eigenvalue weighted by molar-refractivity contribution is 9.10. The summed E-state index contributed by atoms with van der Waals surface area (Å²) in [6.07, 6.45) is 5.00. The molecule has 1 aromatic carbocycles. The molecule has 2 saturated heterocycles. The van der Waals surface area contributed by atoms with Crippen molar-refractivity contribution in [1.29, 1.82) is 0 Å². The maximum Gasteiger partial charge on any atom is 0.294 e. The minimum Gasteiger partial charge on any atom is -0.387 e. The molecule has 3 aromatic rings. The van der Waals surface area contributed by atoms with Gasteiger partial charge in [0.1, 0.15) is 23.0 Å². The molecule has 2 aliphatic rings. The van der Waals surface area contributed by atoms with Crippen LogP contribution < -0.4 is 16.0 Å². The first-order chi connectivity index (χ1) is 21.5. The highest BCUT2D eigenvalue weighted by Crippen LogP contribution is 2.40. The molecule has 2 amide bonds. The van der Waals surface area contributed by atoms with Crippen molar-refractivity contribution < 1.29 is 19.2 Å². The number of ether oxygens (including phenoxy) is 1. The quantitative estimate of drug-likeness (QED) is 0.163. The first-order valence-electron chi connectivity index (χ1n) is 14.4. The molecule has 16 heteroatoms. The lowest BCUT2D eigenvalue weighted by Crippen LogP contribution is -2.58. The van der Waals surface area contributed by atoms with Gasteiger partial charge in [0.2, 0.25) is 0 Å². The van der Waals surface area contributed by atoms with E-state index in [1.165, 1.54) is 24.5 Å². The number of nitrogens with one attached hydrogen (secondary N) is 3. The maximum atomic E-state index is 14.4. The third-order valence-corrected chi connectivity index (χ3v) is 8.43. The number of amides is 2. The Morgan fingerprint density at radius 3 is 2.62 bits per heavy atom. The molecule has 238 valence electrons. The SMILES string of the molecule is CNc1cncc(CN2CCCC2(Nc2c(C(=O)N3C[C@@H](C)O[C@@H](C)C3)cc(Br)cc2[N+](=O)[O-])C(=O)Nc2cc(Cl)ncn2)c1. The van der Waals surface area contributed by atoms with E-state index < -0.39 is 22.4 Å². The van der Waals surface area contributed by atoms with E-state index in [4.69, 9.17) is 16.3 Å². The van der Waals surface area contributed by atoms with Crippen LogP contribution in [-0.2, 0) is 16.1 Å². The highest BCUT2D eigenvalue weighted by Gasteiger charge is 2.49. The summed E-state index contributed by atoms with van der Waals surface area (Å²) >= 11 is 9.42. The summed E-state index contributed by atoms with van der Waals surface area (Å²) in [4.78, 5) is 56.2. The van der Waals surface area contributed by atoms with Gasteiger partial charge in [0, 0.05) is 62.2 Å². The minimum absolute atomic E-state index is 0.0559. The average molecular weight is 703 g/mol. The molecule has 2 fully saturated rings.